The molecule has 1 heterocycles. The van der Waals surface area contributed by atoms with Crippen molar-refractivity contribution in [3.8, 4) is 5.75 Å². The SMILES string of the molecule is Cc1ccc(OCC(=O)OC(C)CN2CCCCC2)cc1.[Cl-]. The maximum atomic E-state index is 11.8. The van der Waals surface area contributed by atoms with E-state index in [4.69, 9.17) is 9.47 Å². The molecule has 1 aromatic carbocycles. The fourth-order valence-corrected chi connectivity index (χ4v) is 2.58. The second-order valence-electron chi connectivity index (χ2n) is 5.76. The fourth-order valence-electron chi connectivity index (χ4n) is 2.58. The van der Waals surface area contributed by atoms with E-state index in [2.05, 4.69) is 4.90 Å². The van der Waals surface area contributed by atoms with Crippen LogP contribution in [0.1, 0.15) is 31.7 Å². The van der Waals surface area contributed by atoms with E-state index >= 15 is 0 Å². The Morgan fingerprint density at radius 2 is 1.82 bits per heavy atom. The number of ether oxygens (including phenoxy) is 2. The van der Waals surface area contributed by atoms with Crippen LogP contribution in [-0.2, 0) is 9.53 Å². The lowest BCUT2D eigenvalue weighted by molar-refractivity contribution is -0.151. The molecule has 1 aliphatic heterocycles. The summed E-state index contributed by atoms with van der Waals surface area (Å²) < 4.78 is 10.8. The molecule has 1 fully saturated rings. The van der Waals surface area contributed by atoms with Crippen molar-refractivity contribution in [2.45, 2.75) is 39.2 Å². The molecule has 1 aliphatic rings. The van der Waals surface area contributed by atoms with Crippen LogP contribution in [0.3, 0.4) is 0 Å². The number of aryl methyl sites for hydroxylation is 1. The van der Waals surface area contributed by atoms with Crippen LogP contribution in [-0.4, -0.2) is 43.2 Å². The van der Waals surface area contributed by atoms with Crippen molar-refractivity contribution in [1.82, 2.24) is 4.90 Å². The lowest BCUT2D eigenvalue weighted by atomic mass is 10.1. The molecule has 1 aromatic rings. The average molecular weight is 327 g/mol. The van der Waals surface area contributed by atoms with E-state index in [1.807, 2.05) is 38.1 Å². The van der Waals surface area contributed by atoms with Crippen LogP contribution in [0.5, 0.6) is 5.75 Å². The Kier molecular flexibility index (Phi) is 8.28. The molecular weight excluding hydrogens is 302 g/mol. The molecule has 5 heteroatoms. The van der Waals surface area contributed by atoms with Crippen LogP contribution in [0.15, 0.2) is 24.3 Å². The lowest BCUT2D eigenvalue weighted by Crippen LogP contribution is -3.00. The van der Waals surface area contributed by atoms with Gasteiger partial charge in [0.05, 0.1) is 0 Å². The number of hydrogen-bond acceptors (Lipinski definition) is 4. The number of esters is 1. The van der Waals surface area contributed by atoms with Gasteiger partial charge in [0, 0.05) is 6.54 Å². The van der Waals surface area contributed by atoms with Gasteiger partial charge in [-0.2, -0.15) is 0 Å². The van der Waals surface area contributed by atoms with Crippen LogP contribution >= 0.6 is 0 Å². The minimum absolute atomic E-state index is 0. The van der Waals surface area contributed by atoms with Crippen molar-refractivity contribution >= 4 is 5.97 Å². The van der Waals surface area contributed by atoms with Crippen molar-refractivity contribution in [1.29, 1.82) is 0 Å². The third-order valence-electron chi connectivity index (χ3n) is 3.67. The highest BCUT2D eigenvalue weighted by atomic mass is 35.5. The first-order valence-electron chi connectivity index (χ1n) is 7.75. The van der Waals surface area contributed by atoms with Crippen LogP contribution in [0.2, 0.25) is 0 Å². The maximum Gasteiger partial charge on any atom is 0.344 e. The highest BCUT2D eigenvalue weighted by molar-refractivity contribution is 5.71. The number of likely N-dealkylation sites (tertiary alicyclic amines) is 1. The number of carbonyl (C=O) groups is 1. The number of benzene rings is 1. The fraction of sp³-hybridized carbons (Fsp3) is 0.588. The summed E-state index contributed by atoms with van der Waals surface area (Å²) >= 11 is 0. The van der Waals surface area contributed by atoms with Gasteiger partial charge in [-0.05, 0) is 51.9 Å². The van der Waals surface area contributed by atoms with Gasteiger partial charge in [-0.15, -0.1) is 0 Å². The molecule has 2 rings (SSSR count). The topological polar surface area (TPSA) is 38.8 Å². The van der Waals surface area contributed by atoms with E-state index < -0.39 is 0 Å². The molecule has 4 nitrogen and oxygen atoms in total. The van der Waals surface area contributed by atoms with Gasteiger partial charge in [0.1, 0.15) is 11.9 Å². The number of piperidine rings is 1. The van der Waals surface area contributed by atoms with Gasteiger partial charge in [0.15, 0.2) is 6.61 Å². The maximum absolute atomic E-state index is 11.8. The van der Waals surface area contributed by atoms with Crippen molar-refractivity contribution < 1.29 is 26.7 Å². The van der Waals surface area contributed by atoms with E-state index in [0.717, 1.165) is 19.6 Å². The van der Waals surface area contributed by atoms with Crippen molar-refractivity contribution in [3.63, 3.8) is 0 Å². The number of hydrogen-bond donors (Lipinski definition) is 0. The quantitative estimate of drug-likeness (QED) is 0.679. The minimum Gasteiger partial charge on any atom is -1.00 e. The molecule has 0 aliphatic carbocycles. The van der Waals surface area contributed by atoms with Crippen molar-refractivity contribution in [3.05, 3.63) is 29.8 Å². The zero-order chi connectivity index (χ0) is 15.1. The highest BCUT2D eigenvalue weighted by Crippen LogP contribution is 2.12. The third-order valence-corrected chi connectivity index (χ3v) is 3.67. The Morgan fingerprint density at radius 1 is 1.18 bits per heavy atom. The van der Waals surface area contributed by atoms with Gasteiger partial charge in [-0.3, -0.25) is 4.90 Å². The molecule has 0 radical (unpaired) electrons. The molecule has 22 heavy (non-hydrogen) atoms. The summed E-state index contributed by atoms with van der Waals surface area (Å²) in [5.74, 6) is 0.390. The Balaban J connectivity index is 0.00000242. The summed E-state index contributed by atoms with van der Waals surface area (Å²) in [6, 6.07) is 7.64. The number of nitrogens with zero attached hydrogens (tertiary/aromatic N) is 1. The van der Waals surface area contributed by atoms with Crippen LogP contribution in [0, 0.1) is 6.92 Å². The molecule has 1 saturated heterocycles. The van der Waals surface area contributed by atoms with Gasteiger partial charge in [-0.25, -0.2) is 4.79 Å². The molecule has 0 bridgehead atoms. The molecular formula is C17H25ClNO3-. The molecule has 1 unspecified atom stereocenters. The monoisotopic (exact) mass is 326 g/mol. The van der Waals surface area contributed by atoms with Crippen molar-refractivity contribution in [2.75, 3.05) is 26.2 Å². The molecule has 0 N–H and O–H groups in total. The van der Waals surface area contributed by atoms with Gasteiger partial charge >= 0.3 is 5.97 Å². The minimum atomic E-state index is -0.305. The predicted octanol–water partition coefficient (Wildman–Crippen LogP) is -0.205. The highest BCUT2D eigenvalue weighted by Gasteiger charge is 2.16. The van der Waals surface area contributed by atoms with E-state index in [1.165, 1.54) is 24.8 Å². The first-order chi connectivity index (χ1) is 10.1. The Bertz CT molecular complexity index is 444. The van der Waals surface area contributed by atoms with Crippen LogP contribution in [0.4, 0.5) is 0 Å². The standard InChI is InChI=1S/C17H25NO3.ClH/c1-14-6-8-16(9-7-14)20-13-17(19)21-15(2)12-18-10-4-3-5-11-18;/h6-9,15H,3-5,10-13H2,1-2H3;1H/p-1. The second kappa shape index (κ2) is 9.70. The number of rotatable bonds is 6. The molecule has 124 valence electrons. The Hall–Kier alpha value is -1.26. The van der Waals surface area contributed by atoms with E-state index in [0.29, 0.717) is 5.75 Å². The van der Waals surface area contributed by atoms with Gasteiger partial charge in [-0.1, -0.05) is 24.1 Å². The smallest absolute Gasteiger partial charge is 0.344 e. The summed E-state index contributed by atoms with van der Waals surface area (Å²) in [5, 5.41) is 0. The van der Waals surface area contributed by atoms with E-state index in [1.54, 1.807) is 0 Å². The first kappa shape index (κ1) is 18.8. The van der Waals surface area contributed by atoms with Gasteiger partial charge in [0.2, 0.25) is 0 Å². The van der Waals surface area contributed by atoms with E-state index in [9.17, 15) is 4.79 Å². The summed E-state index contributed by atoms with van der Waals surface area (Å²) in [7, 11) is 0. The molecule has 1 atom stereocenters. The lowest BCUT2D eigenvalue weighted by Gasteiger charge is -2.28. The molecule has 0 spiro atoms. The number of carbonyl (C=O) groups excluding carboxylic acids is 1. The van der Waals surface area contributed by atoms with E-state index in [-0.39, 0.29) is 31.1 Å². The zero-order valence-corrected chi connectivity index (χ0v) is 14.1. The summed E-state index contributed by atoms with van der Waals surface area (Å²) in [6.45, 7) is 6.96. The third kappa shape index (κ3) is 6.67. The zero-order valence-electron chi connectivity index (χ0n) is 13.4. The Labute approximate surface area is 139 Å². The van der Waals surface area contributed by atoms with Crippen molar-refractivity contribution in [2.24, 2.45) is 0 Å². The normalized spacial score (nSPS) is 16.5. The summed E-state index contributed by atoms with van der Waals surface area (Å²) in [4.78, 5) is 14.1. The second-order valence-corrected chi connectivity index (χ2v) is 5.76. The number of halogens is 1. The van der Waals surface area contributed by atoms with Gasteiger partial charge < -0.3 is 21.9 Å². The molecule has 0 aromatic heterocycles. The Morgan fingerprint density at radius 3 is 2.45 bits per heavy atom. The molecule has 0 saturated carbocycles. The average Bonchev–Trinajstić information content (AvgIpc) is 2.47. The van der Waals surface area contributed by atoms with Crippen LogP contribution in [0.25, 0.3) is 0 Å². The van der Waals surface area contributed by atoms with Crippen LogP contribution < -0.4 is 17.1 Å². The summed E-state index contributed by atoms with van der Waals surface area (Å²) in [5.41, 5.74) is 1.17. The first-order valence-corrected chi connectivity index (χ1v) is 7.75. The van der Waals surface area contributed by atoms with Gasteiger partial charge in [0.25, 0.3) is 0 Å². The largest absolute Gasteiger partial charge is 1.00 e. The molecule has 0 amide bonds. The summed E-state index contributed by atoms with van der Waals surface area (Å²) in [6.07, 6.45) is 3.72. The predicted molar refractivity (Wildman–Crippen MR) is 82.5 cm³/mol.